The van der Waals surface area contributed by atoms with Crippen molar-refractivity contribution in [1.82, 2.24) is 4.98 Å². The highest BCUT2D eigenvalue weighted by molar-refractivity contribution is 5.68. The van der Waals surface area contributed by atoms with Crippen molar-refractivity contribution in [1.29, 1.82) is 0 Å². The fraction of sp³-hybridized carbons (Fsp3) is 0.154. The van der Waals surface area contributed by atoms with Gasteiger partial charge in [-0.2, -0.15) is 0 Å². The summed E-state index contributed by atoms with van der Waals surface area (Å²) in [6, 6.07) is 8.45. The van der Waals surface area contributed by atoms with Crippen LogP contribution in [0, 0.1) is 0 Å². The first-order valence-electron chi connectivity index (χ1n) is 5.15. The second kappa shape index (κ2) is 4.74. The predicted molar refractivity (Wildman–Crippen MR) is 65.6 cm³/mol. The molecule has 2 aromatic rings. The lowest BCUT2D eigenvalue weighted by Gasteiger charge is -2.10. The summed E-state index contributed by atoms with van der Waals surface area (Å²) < 4.78 is 10.4. The van der Waals surface area contributed by atoms with Gasteiger partial charge < -0.3 is 14.5 Å². The molecule has 0 aliphatic rings. The summed E-state index contributed by atoms with van der Waals surface area (Å²) in [7, 11) is 3.18. The molecule has 0 fully saturated rings. The van der Waals surface area contributed by atoms with Gasteiger partial charge in [-0.1, -0.05) is 0 Å². The Bertz CT molecular complexity index is 575. The Morgan fingerprint density at radius 3 is 2.53 bits per heavy atom. The molecule has 1 aromatic heterocycles. The highest BCUT2D eigenvalue weighted by Gasteiger charge is 2.07. The monoisotopic (exact) mass is 231 g/mol. The quantitative estimate of drug-likeness (QED) is 0.879. The number of hydrogen-bond donors (Lipinski definition) is 1. The fourth-order valence-electron chi connectivity index (χ4n) is 1.62. The number of benzene rings is 1. The van der Waals surface area contributed by atoms with Crippen LogP contribution in [0.5, 0.6) is 11.5 Å². The van der Waals surface area contributed by atoms with Gasteiger partial charge in [-0.05, 0) is 12.1 Å². The summed E-state index contributed by atoms with van der Waals surface area (Å²) in [6.45, 7) is 0. The van der Waals surface area contributed by atoms with E-state index in [1.54, 1.807) is 26.5 Å². The van der Waals surface area contributed by atoms with Crippen LogP contribution in [-0.2, 0) is 0 Å². The average Bonchev–Trinajstić information content (AvgIpc) is 2.38. The third-order valence-electron chi connectivity index (χ3n) is 2.47. The van der Waals surface area contributed by atoms with E-state index < -0.39 is 0 Å². The second-order valence-electron chi connectivity index (χ2n) is 3.50. The van der Waals surface area contributed by atoms with Gasteiger partial charge >= 0.3 is 0 Å². The van der Waals surface area contributed by atoms with Crippen LogP contribution in [-0.4, -0.2) is 19.2 Å². The molecule has 1 aromatic carbocycles. The predicted octanol–water partition coefficient (Wildman–Crippen LogP) is 2.06. The maximum absolute atomic E-state index is 11.3. The number of methoxy groups -OCH3 is 2. The highest BCUT2D eigenvalue weighted by atomic mass is 16.5. The first-order valence-corrected chi connectivity index (χ1v) is 5.15. The smallest absolute Gasteiger partial charge is 0.182 e. The molecule has 1 heterocycles. The topological polar surface area (TPSA) is 51.3 Å². The van der Waals surface area contributed by atoms with Crippen molar-refractivity contribution in [2.24, 2.45) is 0 Å². The Labute approximate surface area is 98.8 Å². The Morgan fingerprint density at radius 1 is 1.06 bits per heavy atom. The second-order valence-corrected chi connectivity index (χ2v) is 3.50. The number of nitrogens with one attached hydrogen (secondary N) is 1. The number of hydrogen-bond acceptors (Lipinski definition) is 3. The number of pyridine rings is 1. The molecule has 88 valence electrons. The molecular formula is C13H13NO3. The maximum Gasteiger partial charge on any atom is 0.182 e. The zero-order chi connectivity index (χ0) is 12.3. The van der Waals surface area contributed by atoms with Gasteiger partial charge in [-0.3, -0.25) is 4.79 Å². The van der Waals surface area contributed by atoms with Crippen molar-refractivity contribution in [3.8, 4) is 22.8 Å². The average molecular weight is 231 g/mol. The van der Waals surface area contributed by atoms with Gasteiger partial charge in [0.05, 0.1) is 19.9 Å². The molecule has 4 heteroatoms. The van der Waals surface area contributed by atoms with Gasteiger partial charge in [0.1, 0.15) is 11.5 Å². The highest BCUT2D eigenvalue weighted by Crippen LogP contribution is 2.31. The molecule has 0 spiro atoms. The molecular weight excluding hydrogens is 218 g/mol. The van der Waals surface area contributed by atoms with E-state index in [4.69, 9.17) is 9.47 Å². The van der Waals surface area contributed by atoms with Crippen LogP contribution in [0.25, 0.3) is 11.3 Å². The molecule has 0 unspecified atom stereocenters. The lowest BCUT2D eigenvalue weighted by atomic mass is 10.1. The summed E-state index contributed by atoms with van der Waals surface area (Å²) in [4.78, 5) is 14.3. The van der Waals surface area contributed by atoms with Crippen LogP contribution < -0.4 is 14.9 Å². The summed E-state index contributed by atoms with van der Waals surface area (Å²) in [5.41, 5.74) is 1.50. The van der Waals surface area contributed by atoms with Crippen molar-refractivity contribution in [3.63, 3.8) is 0 Å². The number of rotatable bonds is 3. The third kappa shape index (κ3) is 2.30. The van der Waals surface area contributed by atoms with Gasteiger partial charge in [0, 0.05) is 30.0 Å². The standard InChI is InChI=1S/C13H13NO3/c1-16-10-3-4-11(13(8-10)17-2)12-7-9(15)5-6-14-12/h3-8H,1-2H3,(H,14,15). The zero-order valence-corrected chi connectivity index (χ0v) is 9.69. The van der Waals surface area contributed by atoms with Crippen molar-refractivity contribution in [2.75, 3.05) is 14.2 Å². The number of ether oxygens (including phenoxy) is 2. The lowest BCUT2D eigenvalue weighted by Crippen LogP contribution is -1.99. The van der Waals surface area contributed by atoms with Gasteiger partial charge in [-0.25, -0.2) is 0 Å². The van der Waals surface area contributed by atoms with E-state index in [1.165, 1.54) is 12.1 Å². The summed E-state index contributed by atoms with van der Waals surface area (Å²) in [6.07, 6.45) is 1.61. The molecule has 0 bridgehead atoms. The zero-order valence-electron chi connectivity index (χ0n) is 9.69. The van der Waals surface area contributed by atoms with E-state index in [-0.39, 0.29) is 5.43 Å². The largest absolute Gasteiger partial charge is 0.497 e. The van der Waals surface area contributed by atoms with Gasteiger partial charge in [0.15, 0.2) is 5.43 Å². The third-order valence-corrected chi connectivity index (χ3v) is 2.47. The Kier molecular flexibility index (Phi) is 3.14. The molecule has 1 N–H and O–H groups in total. The van der Waals surface area contributed by atoms with Gasteiger partial charge in [0.2, 0.25) is 0 Å². The van der Waals surface area contributed by atoms with Crippen LogP contribution in [0.4, 0.5) is 0 Å². The Morgan fingerprint density at radius 2 is 1.88 bits per heavy atom. The molecule has 4 nitrogen and oxygen atoms in total. The fourth-order valence-corrected chi connectivity index (χ4v) is 1.62. The van der Waals surface area contributed by atoms with Crippen LogP contribution >= 0.6 is 0 Å². The van der Waals surface area contributed by atoms with Crippen molar-refractivity contribution in [2.45, 2.75) is 0 Å². The lowest BCUT2D eigenvalue weighted by molar-refractivity contribution is 0.395. The van der Waals surface area contributed by atoms with Gasteiger partial charge in [-0.15, -0.1) is 0 Å². The van der Waals surface area contributed by atoms with E-state index in [0.717, 1.165) is 11.3 Å². The molecule has 0 aliphatic heterocycles. The van der Waals surface area contributed by atoms with Crippen LogP contribution in [0.3, 0.4) is 0 Å². The number of H-pyrrole nitrogens is 1. The maximum atomic E-state index is 11.3. The summed E-state index contributed by atoms with van der Waals surface area (Å²) in [5.74, 6) is 1.37. The van der Waals surface area contributed by atoms with Crippen molar-refractivity contribution >= 4 is 0 Å². The Hall–Kier alpha value is -2.23. The van der Waals surface area contributed by atoms with E-state index in [1.807, 2.05) is 12.1 Å². The summed E-state index contributed by atoms with van der Waals surface area (Å²) >= 11 is 0. The van der Waals surface area contributed by atoms with Crippen LogP contribution in [0.2, 0.25) is 0 Å². The molecule has 0 saturated heterocycles. The molecule has 2 rings (SSSR count). The SMILES string of the molecule is COc1ccc(-c2cc(=O)cc[nH]2)c(OC)c1. The molecule has 0 amide bonds. The molecule has 0 saturated carbocycles. The molecule has 0 atom stereocenters. The molecule has 17 heavy (non-hydrogen) atoms. The van der Waals surface area contributed by atoms with Crippen LogP contribution in [0.1, 0.15) is 0 Å². The Balaban J connectivity index is 2.55. The number of aromatic nitrogens is 1. The molecule has 0 radical (unpaired) electrons. The minimum atomic E-state index is -0.0448. The van der Waals surface area contributed by atoms with E-state index in [9.17, 15) is 4.79 Å². The van der Waals surface area contributed by atoms with E-state index >= 15 is 0 Å². The first kappa shape index (κ1) is 11.3. The first-order chi connectivity index (χ1) is 8.24. The minimum Gasteiger partial charge on any atom is -0.497 e. The number of aromatic amines is 1. The van der Waals surface area contributed by atoms with E-state index in [0.29, 0.717) is 11.5 Å². The normalized spacial score (nSPS) is 10.0. The van der Waals surface area contributed by atoms with Crippen LogP contribution in [0.15, 0.2) is 41.3 Å². The summed E-state index contributed by atoms with van der Waals surface area (Å²) in [5, 5.41) is 0. The van der Waals surface area contributed by atoms with E-state index in [2.05, 4.69) is 4.98 Å². The minimum absolute atomic E-state index is 0.0448. The molecule has 0 aliphatic carbocycles. The van der Waals surface area contributed by atoms with Crippen molar-refractivity contribution < 1.29 is 9.47 Å². The van der Waals surface area contributed by atoms with Crippen molar-refractivity contribution in [3.05, 3.63) is 46.8 Å². The van der Waals surface area contributed by atoms with Gasteiger partial charge in [0.25, 0.3) is 0 Å².